The zero-order valence-electron chi connectivity index (χ0n) is 8.06. The number of rotatable bonds is 2. The van der Waals surface area contributed by atoms with Crippen LogP contribution < -0.4 is 21.5 Å². The molecule has 0 bridgehead atoms. The molecular formula is C9H18FIN-. The van der Waals surface area contributed by atoms with E-state index < -0.39 is 6.17 Å². The van der Waals surface area contributed by atoms with Gasteiger partial charge < -0.3 is 0 Å². The van der Waals surface area contributed by atoms with Crippen LogP contribution in [0.3, 0.4) is 0 Å². The molecule has 0 amide bonds. The Kier molecular flexibility index (Phi) is 4.23. The van der Waals surface area contributed by atoms with Crippen LogP contribution in [0, 0.1) is 11.8 Å². The molecule has 0 spiro atoms. The number of halogens is 2. The molecule has 1 nitrogen and oxygen atoms in total. The monoisotopic (exact) mass is 286 g/mol. The molecule has 1 aliphatic rings. The van der Waals surface area contributed by atoms with E-state index in [1.54, 1.807) is 0 Å². The second-order valence-electron chi connectivity index (χ2n) is 3.75. The quantitative estimate of drug-likeness (QED) is 0.355. The van der Waals surface area contributed by atoms with Crippen molar-refractivity contribution in [2.45, 2.75) is 26.4 Å². The van der Waals surface area contributed by atoms with E-state index in [0.717, 1.165) is 13.0 Å². The van der Waals surface area contributed by atoms with E-state index in [4.69, 9.17) is 0 Å². The van der Waals surface area contributed by atoms with Crippen molar-refractivity contribution in [1.82, 2.24) is 3.11 Å². The first-order chi connectivity index (χ1) is 5.65. The minimum absolute atomic E-state index is 0.113. The van der Waals surface area contributed by atoms with Crippen LogP contribution in [0.5, 0.6) is 0 Å². The number of piperidine rings is 1. The molecule has 3 heteroatoms. The molecule has 1 heterocycles. The average Bonchev–Trinajstić information content (AvgIpc) is 2.03. The Labute approximate surface area is 85.3 Å². The van der Waals surface area contributed by atoms with E-state index in [9.17, 15) is 4.39 Å². The summed E-state index contributed by atoms with van der Waals surface area (Å²) in [6.45, 7) is 6.10. The molecule has 0 aromatic rings. The molecule has 12 heavy (non-hydrogen) atoms. The summed E-state index contributed by atoms with van der Waals surface area (Å²) in [6.07, 6.45) is 0.491. The van der Waals surface area contributed by atoms with Gasteiger partial charge in [-0.15, -0.1) is 0 Å². The van der Waals surface area contributed by atoms with E-state index >= 15 is 0 Å². The predicted octanol–water partition coefficient (Wildman–Crippen LogP) is -1.06. The van der Waals surface area contributed by atoms with Crippen molar-refractivity contribution >= 4 is 0 Å². The van der Waals surface area contributed by atoms with E-state index in [1.165, 1.54) is 0 Å². The van der Waals surface area contributed by atoms with Crippen LogP contribution in [0.1, 0.15) is 20.3 Å². The summed E-state index contributed by atoms with van der Waals surface area (Å²) in [6, 6.07) is 0. The second-order valence-corrected chi connectivity index (χ2v) is 6.08. The van der Waals surface area contributed by atoms with Crippen molar-refractivity contribution < 1.29 is 25.9 Å². The van der Waals surface area contributed by atoms with Crippen molar-refractivity contribution in [3.05, 3.63) is 0 Å². The molecule has 74 valence electrons. The maximum absolute atomic E-state index is 13.5. The predicted molar refractivity (Wildman–Crippen MR) is 45.3 cm³/mol. The summed E-state index contributed by atoms with van der Waals surface area (Å²) in [4.78, 5) is 2.21. The number of hydrogen-bond acceptors (Lipinski definition) is 1. The first-order valence-electron chi connectivity index (χ1n) is 4.54. The summed E-state index contributed by atoms with van der Waals surface area (Å²) >= 11 is 0.113. The van der Waals surface area contributed by atoms with Gasteiger partial charge in [0.05, 0.1) is 0 Å². The van der Waals surface area contributed by atoms with Crippen molar-refractivity contribution in [2.24, 2.45) is 11.8 Å². The summed E-state index contributed by atoms with van der Waals surface area (Å²) in [7, 11) is 0. The fourth-order valence-electron chi connectivity index (χ4n) is 1.79. The topological polar surface area (TPSA) is 3.24 Å². The Morgan fingerprint density at radius 2 is 2.17 bits per heavy atom. The second kappa shape index (κ2) is 4.74. The average molecular weight is 286 g/mol. The van der Waals surface area contributed by atoms with Gasteiger partial charge in [0.2, 0.25) is 0 Å². The standard InChI is InChI=1S/C9H18FIN/c1-7(2)8-4-5-12(11-3)6-9(8)10/h7-9H,4-6H2,1-3H3/q-1/t8-,9-/m0/s1. The zero-order chi connectivity index (χ0) is 9.14. The van der Waals surface area contributed by atoms with Crippen molar-refractivity contribution in [3.8, 4) is 0 Å². The Hall–Kier alpha value is 0.620. The first kappa shape index (κ1) is 10.7. The van der Waals surface area contributed by atoms with Crippen LogP contribution in [0.2, 0.25) is 0 Å². The molecule has 0 aliphatic carbocycles. The van der Waals surface area contributed by atoms with Gasteiger partial charge in [-0.2, -0.15) is 0 Å². The Bertz CT molecular complexity index is 140. The molecule has 0 radical (unpaired) electrons. The van der Waals surface area contributed by atoms with Gasteiger partial charge in [-0.05, 0) is 0 Å². The van der Waals surface area contributed by atoms with Crippen LogP contribution >= 0.6 is 0 Å². The molecule has 1 aliphatic heterocycles. The molecule has 0 N–H and O–H groups in total. The molecule has 1 fully saturated rings. The third-order valence-electron chi connectivity index (χ3n) is 2.64. The summed E-state index contributed by atoms with van der Waals surface area (Å²) in [5.74, 6) is 0.828. The molecule has 0 aromatic heterocycles. The van der Waals surface area contributed by atoms with Gasteiger partial charge in [0.1, 0.15) is 0 Å². The van der Waals surface area contributed by atoms with Crippen LogP contribution in [0.15, 0.2) is 0 Å². The van der Waals surface area contributed by atoms with Gasteiger partial charge in [0, 0.05) is 0 Å². The Morgan fingerprint density at radius 3 is 2.58 bits per heavy atom. The van der Waals surface area contributed by atoms with E-state index in [1.807, 2.05) is 0 Å². The van der Waals surface area contributed by atoms with E-state index in [-0.39, 0.29) is 21.5 Å². The normalized spacial score (nSPS) is 33.1. The molecule has 1 rings (SSSR count). The summed E-state index contributed by atoms with van der Waals surface area (Å²) < 4.78 is 15.8. The molecule has 0 aromatic carbocycles. The molecule has 0 saturated carbocycles. The molecular weight excluding hydrogens is 268 g/mol. The first-order valence-corrected chi connectivity index (χ1v) is 7.66. The van der Waals surface area contributed by atoms with Gasteiger partial charge >= 0.3 is 85.3 Å². The number of nitrogens with zero attached hydrogens (tertiary/aromatic N) is 1. The van der Waals surface area contributed by atoms with Gasteiger partial charge in [-0.25, -0.2) is 0 Å². The van der Waals surface area contributed by atoms with Gasteiger partial charge in [0.15, 0.2) is 0 Å². The fourth-order valence-corrected chi connectivity index (χ4v) is 3.32. The van der Waals surface area contributed by atoms with Crippen molar-refractivity contribution in [1.29, 1.82) is 0 Å². The van der Waals surface area contributed by atoms with Gasteiger partial charge in [-0.3, -0.25) is 0 Å². The third-order valence-corrected chi connectivity index (χ3v) is 4.88. The van der Waals surface area contributed by atoms with Crippen LogP contribution in [-0.2, 0) is 0 Å². The SMILES string of the molecule is C[I-]N1CC[C@@H](C(C)C)[C@@H](F)C1. The van der Waals surface area contributed by atoms with Crippen LogP contribution in [0.25, 0.3) is 0 Å². The van der Waals surface area contributed by atoms with Crippen LogP contribution in [-0.4, -0.2) is 27.3 Å². The molecule has 0 unspecified atom stereocenters. The zero-order valence-corrected chi connectivity index (χ0v) is 10.2. The Morgan fingerprint density at radius 1 is 1.50 bits per heavy atom. The third kappa shape index (κ3) is 2.55. The van der Waals surface area contributed by atoms with Crippen molar-refractivity contribution in [3.63, 3.8) is 0 Å². The summed E-state index contributed by atoms with van der Waals surface area (Å²) in [5, 5.41) is 0. The van der Waals surface area contributed by atoms with E-state index in [0.29, 0.717) is 18.4 Å². The maximum atomic E-state index is 13.5. The van der Waals surface area contributed by atoms with Gasteiger partial charge in [-0.1, -0.05) is 0 Å². The van der Waals surface area contributed by atoms with Crippen molar-refractivity contribution in [2.75, 3.05) is 18.0 Å². The van der Waals surface area contributed by atoms with Crippen LogP contribution in [0.4, 0.5) is 4.39 Å². The Balaban J connectivity index is 2.42. The molecule has 2 atom stereocenters. The molecule has 1 saturated heterocycles. The number of hydrogen-bond donors (Lipinski definition) is 0. The van der Waals surface area contributed by atoms with Gasteiger partial charge in [0.25, 0.3) is 0 Å². The minimum atomic E-state index is -0.571. The number of alkyl halides is 2. The summed E-state index contributed by atoms with van der Waals surface area (Å²) in [5.41, 5.74) is 0. The fraction of sp³-hybridized carbons (Fsp3) is 1.00. The van der Waals surface area contributed by atoms with E-state index in [2.05, 4.69) is 21.9 Å².